The summed E-state index contributed by atoms with van der Waals surface area (Å²) < 4.78 is 2.17. The van der Waals surface area contributed by atoms with Gasteiger partial charge >= 0.3 is 0 Å². The zero-order chi connectivity index (χ0) is 14.7. The zero-order valence-corrected chi connectivity index (χ0v) is 13.3. The van der Waals surface area contributed by atoms with E-state index in [2.05, 4.69) is 34.4 Å². The molecule has 3 N–H and O–H groups in total. The van der Waals surface area contributed by atoms with Crippen LogP contribution in [0.5, 0.6) is 0 Å². The second kappa shape index (κ2) is 7.24. The summed E-state index contributed by atoms with van der Waals surface area (Å²) in [7, 11) is 1.00. The van der Waals surface area contributed by atoms with Crippen molar-refractivity contribution in [2.75, 3.05) is 12.8 Å². The number of hydrogen-bond acceptors (Lipinski definition) is 4. The molecule has 0 fully saturated rings. The fourth-order valence-corrected chi connectivity index (χ4v) is 2.34. The summed E-state index contributed by atoms with van der Waals surface area (Å²) in [5, 5.41) is 8.11. The molecule has 2 heterocycles. The molecule has 0 amide bonds. The summed E-state index contributed by atoms with van der Waals surface area (Å²) in [5.74, 6) is 1.07. The lowest BCUT2D eigenvalue weighted by atomic mass is 10.1. The van der Waals surface area contributed by atoms with Crippen LogP contribution in [0.4, 0.5) is 5.82 Å². The maximum Gasteiger partial charge on any atom is 0.152 e. The number of para-hydroxylation sites is 1. The van der Waals surface area contributed by atoms with Gasteiger partial charge < -0.3 is 15.4 Å². The van der Waals surface area contributed by atoms with Gasteiger partial charge in [-0.1, -0.05) is 32.0 Å². The van der Waals surface area contributed by atoms with Crippen molar-refractivity contribution in [1.29, 1.82) is 0 Å². The summed E-state index contributed by atoms with van der Waals surface area (Å²) in [4.78, 5) is 8.80. The van der Waals surface area contributed by atoms with Crippen LogP contribution in [0.15, 0.2) is 30.6 Å². The summed E-state index contributed by atoms with van der Waals surface area (Å²) in [6, 6.07) is 8.05. The summed E-state index contributed by atoms with van der Waals surface area (Å²) in [5.41, 5.74) is 8.79. The highest BCUT2D eigenvalue weighted by Gasteiger charge is 2.12. The van der Waals surface area contributed by atoms with E-state index in [0.717, 1.165) is 35.6 Å². The average molecular weight is 309 g/mol. The third-order valence-corrected chi connectivity index (χ3v) is 3.04. The van der Waals surface area contributed by atoms with Crippen LogP contribution in [0.2, 0.25) is 0 Å². The quantitative estimate of drug-likeness (QED) is 0.763. The summed E-state index contributed by atoms with van der Waals surface area (Å²) in [6.07, 6.45) is 1.86. The predicted octanol–water partition coefficient (Wildman–Crippen LogP) is 2.85. The molecule has 3 aromatic rings. The summed E-state index contributed by atoms with van der Waals surface area (Å²) >= 11 is 0. The van der Waals surface area contributed by atoms with Gasteiger partial charge in [-0.2, -0.15) is 0 Å². The Labute approximate surface area is 130 Å². The first-order valence-electron chi connectivity index (χ1n) is 6.60. The fraction of sp³-hybridized carbons (Fsp3) is 0.333. The number of benzene rings is 1. The minimum absolute atomic E-state index is 0. The molecular weight excluding hydrogens is 288 g/mol. The highest BCUT2D eigenvalue weighted by Crippen LogP contribution is 2.27. The van der Waals surface area contributed by atoms with Gasteiger partial charge in [-0.15, -0.1) is 12.4 Å². The van der Waals surface area contributed by atoms with E-state index in [1.807, 2.05) is 24.5 Å². The van der Waals surface area contributed by atoms with E-state index >= 15 is 0 Å². The van der Waals surface area contributed by atoms with Crippen LogP contribution in [0.25, 0.3) is 21.9 Å². The molecule has 0 saturated carbocycles. The Hall–Kier alpha value is -1.85. The van der Waals surface area contributed by atoms with E-state index in [4.69, 9.17) is 10.8 Å². The Morgan fingerprint density at radius 2 is 1.90 bits per heavy atom. The molecule has 21 heavy (non-hydrogen) atoms. The molecule has 5 nitrogen and oxygen atoms in total. The molecule has 2 aromatic heterocycles. The molecule has 6 heteroatoms. The third-order valence-electron chi connectivity index (χ3n) is 3.04. The number of aliphatic hydroxyl groups is 1. The van der Waals surface area contributed by atoms with Crippen LogP contribution < -0.4 is 5.73 Å². The van der Waals surface area contributed by atoms with Gasteiger partial charge in [0.05, 0.1) is 17.4 Å². The van der Waals surface area contributed by atoms with Gasteiger partial charge in [0.25, 0.3) is 0 Å². The van der Waals surface area contributed by atoms with Gasteiger partial charge in [-0.05, 0) is 12.0 Å². The molecule has 0 aliphatic rings. The Kier molecular flexibility index (Phi) is 5.93. The Morgan fingerprint density at radius 1 is 1.24 bits per heavy atom. The van der Waals surface area contributed by atoms with Crippen molar-refractivity contribution in [2.45, 2.75) is 20.4 Å². The first-order valence-corrected chi connectivity index (χ1v) is 6.60. The second-order valence-corrected chi connectivity index (χ2v) is 5.00. The van der Waals surface area contributed by atoms with Crippen molar-refractivity contribution in [2.24, 2.45) is 5.92 Å². The third kappa shape index (κ3) is 3.25. The molecule has 114 valence electrons. The maximum absolute atomic E-state index is 7.00. The first-order chi connectivity index (χ1) is 9.66. The second-order valence-electron chi connectivity index (χ2n) is 5.00. The van der Waals surface area contributed by atoms with Crippen molar-refractivity contribution >= 4 is 40.2 Å². The van der Waals surface area contributed by atoms with Crippen LogP contribution in [0.1, 0.15) is 13.8 Å². The van der Waals surface area contributed by atoms with Gasteiger partial charge in [0.1, 0.15) is 5.52 Å². The fourth-order valence-electron chi connectivity index (χ4n) is 2.34. The van der Waals surface area contributed by atoms with Crippen LogP contribution in [0, 0.1) is 5.92 Å². The Balaban J connectivity index is 0.000000706. The minimum atomic E-state index is 0. The van der Waals surface area contributed by atoms with Crippen LogP contribution in [-0.4, -0.2) is 26.8 Å². The normalized spacial score (nSPS) is 10.3. The SMILES string of the molecule is CC(C)Cn1cnc2c(N)nc3ccccc3c21.CO.Cl. The minimum Gasteiger partial charge on any atom is -0.400 e. The number of nitrogens with zero attached hydrogens (tertiary/aromatic N) is 3. The molecule has 0 aliphatic carbocycles. The number of nitrogen functional groups attached to an aromatic ring is 1. The molecule has 1 aromatic carbocycles. The number of pyridine rings is 1. The number of aliphatic hydroxyl groups excluding tert-OH is 1. The number of hydrogen-bond donors (Lipinski definition) is 2. The van der Waals surface area contributed by atoms with Gasteiger partial charge in [0.15, 0.2) is 5.82 Å². The van der Waals surface area contributed by atoms with Gasteiger partial charge in [-0.3, -0.25) is 0 Å². The van der Waals surface area contributed by atoms with Crippen LogP contribution >= 0.6 is 12.4 Å². The Bertz CT molecular complexity index is 724. The van der Waals surface area contributed by atoms with Crippen LogP contribution in [0.3, 0.4) is 0 Å². The van der Waals surface area contributed by atoms with E-state index in [0.29, 0.717) is 11.7 Å². The highest BCUT2D eigenvalue weighted by atomic mass is 35.5. The number of rotatable bonds is 2. The van der Waals surface area contributed by atoms with E-state index in [1.165, 1.54) is 0 Å². The van der Waals surface area contributed by atoms with Crippen molar-refractivity contribution in [3.63, 3.8) is 0 Å². The summed E-state index contributed by atoms with van der Waals surface area (Å²) in [6.45, 7) is 5.32. The van der Waals surface area contributed by atoms with Crippen LogP contribution in [-0.2, 0) is 6.54 Å². The molecule has 0 unspecified atom stereocenters. The molecule has 0 radical (unpaired) electrons. The average Bonchev–Trinajstić information content (AvgIpc) is 2.85. The van der Waals surface area contributed by atoms with Crippen molar-refractivity contribution in [3.8, 4) is 0 Å². The molecule has 3 rings (SSSR count). The van der Waals surface area contributed by atoms with Crippen molar-refractivity contribution in [1.82, 2.24) is 14.5 Å². The number of nitrogens with two attached hydrogens (primary N) is 1. The predicted molar refractivity (Wildman–Crippen MR) is 89.7 cm³/mol. The van der Waals surface area contributed by atoms with Gasteiger partial charge in [-0.25, -0.2) is 9.97 Å². The molecule has 0 aliphatic heterocycles. The lowest BCUT2D eigenvalue weighted by Gasteiger charge is -2.09. The number of aromatic nitrogens is 3. The number of imidazole rings is 1. The topological polar surface area (TPSA) is 77.0 Å². The molecular formula is C15H21ClN4O. The number of fused-ring (bicyclic) bond motifs is 3. The lowest BCUT2D eigenvalue weighted by Crippen LogP contribution is -2.03. The molecule has 0 spiro atoms. The maximum atomic E-state index is 7.00. The lowest BCUT2D eigenvalue weighted by molar-refractivity contribution is 0.399. The van der Waals surface area contributed by atoms with Gasteiger partial charge in [0.2, 0.25) is 0 Å². The van der Waals surface area contributed by atoms with Crippen molar-refractivity contribution in [3.05, 3.63) is 30.6 Å². The molecule has 0 atom stereocenters. The molecule has 0 bridgehead atoms. The van der Waals surface area contributed by atoms with Gasteiger partial charge in [0, 0.05) is 19.0 Å². The smallest absolute Gasteiger partial charge is 0.152 e. The monoisotopic (exact) mass is 308 g/mol. The zero-order valence-electron chi connectivity index (χ0n) is 12.4. The molecule has 0 saturated heterocycles. The van der Waals surface area contributed by atoms with E-state index in [-0.39, 0.29) is 12.4 Å². The van der Waals surface area contributed by atoms with E-state index in [1.54, 1.807) is 0 Å². The van der Waals surface area contributed by atoms with E-state index in [9.17, 15) is 0 Å². The van der Waals surface area contributed by atoms with E-state index < -0.39 is 0 Å². The Morgan fingerprint density at radius 3 is 2.57 bits per heavy atom. The largest absolute Gasteiger partial charge is 0.400 e. The highest BCUT2D eigenvalue weighted by molar-refractivity contribution is 6.06. The number of halogens is 1. The standard InChI is InChI=1S/C14H16N4.CH4O.ClH/c1-9(2)7-18-8-16-12-13(18)10-5-3-4-6-11(10)17-14(12)15;1-2;/h3-6,8-9H,7H2,1-2H3,(H2,15,17);2H,1H3;1H. The van der Waals surface area contributed by atoms with Crippen molar-refractivity contribution < 1.29 is 5.11 Å². The first kappa shape index (κ1) is 17.2. The number of anilines is 1.